The molecular weight excluding hydrogens is 322 g/mol. The van der Waals surface area contributed by atoms with Gasteiger partial charge in [-0.25, -0.2) is 0 Å². The van der Waals surface area contributed by atoms with Crippen LogP contribution in [0.2, 0.25) is 0 Å². The van der Waals surface area contributed by atoms with E-state index in [0.717, 1.165) is 41.6 Å². The van der Waals surface area contributed by atoms with Gasteiger partial charge in [-0.2, -0.15) is 0 Å². The van der Waals surface area contributed by atoms with Gasteiger partial charge in [0.15, 0.2) is 0 Å². The number of amides is 1. The standard InChI is InChI=1S/C22H25N3O/c1-2-16-13-14-24-15-19(16)25-22(26)21(23)20(17-9-5-3-6-10-17)18-11-7-4-8-12-18/h3,5-7,9-15,20-21H,2,4,8,23H2,1H3,(H,25,26). The van der Waals surface area contributed by atoms with Gasteiger partial charge in [0.2, 0.25) is 5.91 Å². The molecule has 0 bridgehead atoms. The first-order valence-corrected chi connectivity index (χ1v) is 9.11. The maximum absolute atomic E-state index is 12.9. The summed E-state index contributed by atoms with van der Waals surface area (Å²) in [4.78, 5) is 17.0. The first kappa shape index (κ1) is 18.1. The van der Waals surface area contributed by atoms with Crippen LogP contribution in [0.15, 0.2) is 72.6 Å². The summed E-state index contributed by atoms with van der Waals surface area (Å²) in [5, 5.41) is 2.97. The Kier molecular flexibility index (Phi) is 5.97. The van der Waals surface area contributed by atoms with Gasteiger partial charge >= 0.3 is 0 Å². The maximum Gasteiger partial charge on any atom is 0.242 e. The Balaban J connectivity index is 1.87. The van der Waals surface area contributed by atoms with E-state index in [1.165, 1.54) is 0 Å². The third kappa shape index (κ3) is 4.09. The summed E-state index contributed by atoms with van der Waals surface area (Å²) >= 11 is 0. The molecule has 0 saturated carbocycles. The smallest absolute Gasteiger partial charge is 0.242 e. The molecule has 4 heteroatoms. The van der Waals surface area contributed by atoms with Gasteiger partial charge in [0.05, 0.1) is 17.9 Å². The van der Waals surface area contributed by atoms with E-state index >= 15 is 0 Å². The number of nitrogens with zero attached hydrogens (tertiary/aromatic N) is 1. The normalized spacial score (nSPS) is 15.8. The first-order chi connectivity index (χ1) is 12.7. The molecule has 1 aliphatic carbocycles. The zero-order valence-corrected chi connectivity index (χ0v) is 15.1. The summed E-state index contributed by atoms with van der Waals surface area (Å²) in [6, 6.07) is 11.2. The lowest BCUT2D eigenvalue weighted by Crippen LogP contribution is -2.41. The Morgan fingerprint density at radius 3 is 2.73 bits per heavy atom. The minimum absolute atomic E-state index is 0.172. The zero-order valence-electron chi connectivity index (χ0n) is 15.1. The number of aromatic nitrogens is 1. The quantitative estimate of drug-likeness (QED) is 0.831. The SMILES string of the molecule is CCc1ccncc1NC(=O)C(N)C(C1=CCCC=C1)c1ccccc1. The predicted octanol–water partition coefficient (Wildman–Crippen LogP) is 3.97. The number of allylic oxidation sites excluding steroid dienone is 3. The Morgan fingerprint density at radius 2 is 2.04 bits per heavy atom. The summed E-state index contributed by atoms with van der Waals surface area (Å²) < 4.78 is 0. The molecule has 4 nitrogen and oxygen atoms in total. The number of hydrogen-bond acceptors (Lipinski definition) is 3. The van der Waals surface area contributed by atoms with Crippen LogP contribution < -0.4 is 11.1 Å². The van der Waals surface area contributed by atoms with E-state index in [2.05, 4.69) is 35.5 Å². The molecule has 2 atom stereocenters. The summed E-state index contributed by atoms with van der Waals surface area (Å²) in [6.07, 6.45) is 12.7. The third-order valence-electron chi connectivity index (χ3n) is 4.75. The molecule has 26 heavy (non-hydrogen) atoms. The van der Waals surface area contributed by atoms with E-state index in [4.69, 9.17) is 5.73 Å². The third-order valence-corrected chi connectivity index (χ3v) is 4.75. The first-order valence-electron chi connectivity index (χ1n) is 9.11. The molecule has 2 aromatic rings. The molecule has 1 amide bonds. The minimum Gasteiger partial charge on any atom is -0.323 e. The Hall–Kier alpha value is -2.72. The van der Waals surface area contributed by atoms with Gasteiger partial charge in [0, 0.05) is 12.1 Å². The van der Waals surface area contributed by atoms with Crippen molar-refractivity contribution in [3.8, 4) is 0 Å². The van der Waals surface area contributed by atoms with Crippen molar-refractivity contribution < 1.29 is 4.79 Å². The number of nitrogens with one attached hydrogen (secondary N) is 1. The molecule has 0 saturated heterocycles. The molecule has 1 aromatic carbocycles. The fourth-order valence-corrected chi connectivity index (χ4v) is 3.34. The van der Waals surface area contributed by atoms with Crippen LogP contribution in [0.1, 0.15) is 36.8 Å². The molecule has 1 heterocycles. The highest BCUT2D eigenvalue weighted by Crippen LogP contribution is 2.31. The molecule has 134 valence electrons. The number of benzene rings is 1. The number of carbonyl (C=O) groups excluding carboxylic acids is 1. The van der Waals surface area contributed by atoms with Crippen LogP contribution in [0.4, 0.5) is 5.69 Å². The van der Waals surface area contributed by atoms with Gasteiger partial charge < -0.3 is 11.1 Å². The molecule has 2 unspecified atom stereocenters. The maximum atomic E-state index is 12.9. The molecule has 1 aromatic heterocycles. The van der Waals surface area contributed by atoms with Crippen LogP contribution in [0, 0.1) is 0 Å². The average Bonchev–Trinajstić information content (AvgIpc) is 2.70. The van der Waals surface area contributed by atoms with E-state index in [1.807, 2.05) is 36.4 Å². The number of anilines is 1. The molecule has 0 fully saturated rings. The fraction of sp³-hybridized carbons (Fsp3) is 0.273. The van der Waals surface area contributed by atoms with Crippen LogP contribution >= 0.6 is 0 Å². The lowest BCUT2D eigenvalue weighted by atomic mass is 9.82. The largest absolute Gasteiger partial charge is 0.323 e. The number of pyridine rings is 1. The molecule has 0 radical (unpaired) electrons. The zero-order chi connectivity index (χ0) is 18.4. The van der Waals surface area contributed by atoms with Crippen LogP contribution in [0.5, 0.6) is 0 Å². The molecule has 3 rings (SSSR count). The van der Waals surface area contributed by atoms with Crippen molar-refractivity contribution in [3.05, 3.63) is 83.7 Å². The van der Waals surface area contributed by atoms with Crippen LogP contribution in [-0.2, 0) is 11.2 Å². The van der Waals surface area contributed by atoms with Gasteiger partial charge in [-0.1, -0.05) is 55.5 Å². The van der Waals surface area contributed by atoms with Crippen molar-refractivity contribution >= 4 is 11.6 Å². The molecule has 0 aliphatic heterocycles. The predicted molar refractivity (Wildman–Crippen MR) is 106 cm³/mol. The highest BCUT2D eigenvalue weighted by atomic mass is 16.2. The molecule has 3 N–H and O–H groups in total. The van der Waals surface area contributed by atoms with E-state index in [9.17, 15) is 4.79 Å². The van der Waals surface area contributed by atoms with Gasteiger partial charge in [-0.15, -0.1) is 0 Å². The van der Waals surface area contributed by atoms with Gasteiger partial charge in [-0.05, 0) is 42.0 Å². The van der Waals surface area contributed by atoms with Crippen molar-refractivity contribution in [1.82, 2.24) is 4.98 Å². The van der Waals surface area contributed by atoms with Gasteiger partial charge in [-0.3, -0.25) is 9.78 Å². The monoisotopic (exact) mass is 347 g/mol. The molecule has 1 aliphatic rings. The Labute approximate surface area is 154 Å². The lowest BCUT2D eigenvalue weighted by molar-refractivity contribution is -0.117. The van der Waals surface area contributed by atoms with Crippen LogP contribution in [-0.4, -0.2) is 16.9 Å². The van der Waals surface area contributed by atoms with Crippen molar-refractivity contribution in [3.63, 3.8) is 0 Å². The van der Waals surface area contributed by atoms with Crippen molar-refractivity contribution in [2.75, 3.05) is 5.32 Å². The molecule has 0 spiro atoms. The van der Waals surface area contributed by atoms with Gasteiger partial charge in [0.1, 0.15) is 0 Å². The van der Waals surface area contributed by atoms with E-state index in [1.54, 1.807) is 12.4 Å². The number of aryl methyl sites for hydroxylation is 1. The second kappa shape index (κ2) is 8.59. The minimum atomic E-state index is -0.684. The second-order valence-corrected chi connectivity index (χ2v) is 6.47. The Bertz CT molecular complexity index is 811. The number of rotatable bonds is 6. The van der Waals surface area contributed by atoms with Crippen LogP contribution in [0.3, 0.4) is 0 Å². The summed E-state index contributed by atoms with van der Waals surface area (Å²) in [5.41, 5.74) is 10.4. The number of carbonyl (C=O) groups is 1. The topological polar surface area (TPSA) is 68.0 Å². The summed E-state index contributed by atoms with van der Waals surface area (Å²) in [6.45, 7) is 2.05. The summed E-state index contributed by atoms with van der Waals surface area (Å²) in [7, 11) is 0. The fourth-order valence-electron chi connectivity index (χ4n) is 3.34. The highest BCUT2D eigenvalue weighted by Gasteiger charge is 2.29. The number of nitrogens with two attached hydrogens (primary N) is 1. The lowest BCUT2D eigenvalue weighted by Gasteiger charge is -2.26. The summed E-state index contributed by atoms with van der Waals surface area (Å²) in [5.74, 6) is -0.365. The van der Waals surface area contributed by atoms with Gasteiger partial charge in [0.25, 0.3) is 0 Å². The van der Waals surface area contributed by atoms with E-state index < -0.39 is 6.04 Å². The van der Waals surface area contributed by atoms with Crippen molar-refractivity contribution in [1.29, 1.82) is 0 Å². The van der Waals surface area contributed by atoms with E-state index in [-0.39, 0.29) is 11.8 Å². The second-order valence-electron chi connectivity index (χ2n) is 6.47. The average molecular weight is 347 g/mol. The number of hydrogen-bond donors (Lipinski definition) is 2. The van der Waals surface area contributed by atoms with Crippen LogP contribution in [0.25, 0.3) is 0 Å². The van der Waals surface area contributed by atoms with Crippen molar-refractivity contribution in [2.24, 2.45) is 5.73 Å². The van der Waals surface area contributed by atoms with E-state index in [0.29, 0.717) is 0 Å². The highest BCUT2D eigenvalue weighted by molar-refractivity contribution is 5.96. The Morgan fingerprint density at radius 1 is 1.23 bits per heavy atom. The van der Waals surface area contributed by atoms with Crippen molar-refractivity contribution in [2.45, 2.75) is 38.1 Å². The molecular formula is C22H25N3O.